The zero-order valence-electron chi connectivity index (χ0n) is 12.1. The number of anilines is 3. The van der Waals surface area contributed by atoms with E-state index < -0.39 is 0 Å². The predicted molar refractivity (Wildman–Crippen MR) is 84.8 cm³/mol. The van der Waals surface area contributed by atoms with E-state index in [9.17, 15) is 4.79 Å². The molecule has 1 aliphatic rings. The van der Waals surface area contributed by atoms with Crippen LogP contribution in [0.3, 0.4) is 0 Å². The van der Waals surface area contributed by atoms with Crippen molar-refractivity contribution < 1.29 is 4.79 Å². The van der Waals surface area contributed by atoms with E-state index in [0.29, 0.717) is 12.1 Å². The van der Waals surface area contributed by atoms with Gasteiger partial charge in [0.1, 0.15) is 11.9 Å². The fourth-order valence-electron chi connectivity index (χ4n) is 2.41. The van der Waals surface area contributed by atoms with E-state index in [1.54, 1.807) is 6.20 Å². The molecule has 1 atom stereocenters. The van der Waals surface area contributed by atoms with E-state index in [4.69, 9.17) is 0 Å². The van der Waals surface area contributed by atoms with E-state index >= 15 is 0 Å². The molecule has 5 heteroatoms. The first-order valence-electron chi connectivity index (χ1n) is 6.92. The van der Waals surface area contributed by atoms with Crippen molar-refractivity contribution in [1.29, 1.82) is 0 Å². The summed E-state index contributed by atoms with van der Waals surface area (Å²) in [5, 5.41) is 6.15. The molecule has 1 amide bonds. The van der Waals surface area contributed by atoms with E-state index in [1.165, 1.54) is 5.56 Å². The molecule has 2 aromatic rings. The van der Waals surface area contributed by atoms with Crippen LogP contribution in [0.4, 0.5) is 17.2 Å². The van der Waals surface area contributed by atoms with Crippen molar-refractivity contribution in [3.05, 3.63) is 48.2 Å². The van der Waals surface area contributed by atoms with Gasteiger partial charge in [0.2, 0.25) is 5.91 Å². The molecule has 1 aliphatic heterocycles. The Morgan fingerprint density at radius 3 is 2.76 bits per heavy atom. The van der Waals surface area contributed by atoms with Gasteiger partial charge in [-0.15, -0.1) is 0 Å². The molecule has 1 aromatic carbocycles. The van der Waals surface area contributed by atoms with Crippen LogP contribution in [-0.4, -0.2) is 31.0 Å². The number of hydrogen-bond acceptors (Lipinski definition) is 4. The molecule has 1 aromatic heterocycles. The number of amides is 1. The minimum atomic E-state index is -0.226. The smallest absolute Gasteiger partial charge is 0.247 e. The maximum atomic E-state index is 12.3. The number of rotatable bonds is 3. The molecule has 0 saturated heterocycles. The van der Waals surface area contributed by atoms with Gasteiger partial charge in [-0.2, -0.15) is 0 Å². The minimum absolute atomic E-state index is 0.0365. The predicted octanol–water partition coefficient (Wildman–Crippen LogP) is 2.12. The Morgan fingerprint density at radius 2 is 2.10 bits per heavy atom. The summed E-state index contributed by atoms with van der Waals surface area (Å²) in [6, 6.07) is 11.5. The number of benzene rings is 1. The molecular weight excluding hydrogens is 264 g/mol. The number of aromatic nitrogens is 1. The quantitative estimate of drug-likeness (QED) is 0.905. The summed E-state index contributed by atoms with van der Waals surface area (Å²) in [5.41, 5.74) is 2.93. The molecule has 0 saturated carbocycles. The summed E-state index contributed by atoms with van der Waals surface area (Å²) in [6.45, 7) is 0. The Hall–Kier alpha value is -2.56. The molecule has 2 heterocycles. The van der Waals surface area contributed by atoms with E-state index in [1.807, 2.05) is 55.4 Å². The van der Waals surface area contributed by atoms with Crippen molar-refractivity contribution in [3.8, 4) is 0 Å². The molecule has 21 heavy (non-hydrogen) atoms. The first-order valence-corrected chi connectivity index (χ1v) is 6.92. The first kappa shape index (κ1) is 13.4. The zero-order chi connectivity index (χ0) is 14.8. The van der Waals surface area contributed by atoms with Crippen molar-refractivity contribution in [2.45, 2.75) is 12.5 Å². The molecule has 3 rings (SSSR count). The van der Waals surface area contributed by atoms with Crippen LogP contribution in [0.1, 0.15) is 5.56 Å². The molecule has 0 aliphatic carbocycles. The summed E-state index contributed by atoms with van der Waals surface area (Å²) < 4.78 is 0. The van der Waals surface area contributed by atoms with E-state index in [0.717, 1.165) is 11.5 Å². The second kappa shape index (κ2) is 5.44. The fourth-order valence-corrected chi connectivity index (χ4v) is 2.41. The second-order valence-electron chi connectivity index (χ2n) is 5.35. The average molecular weight is 282 g/mol. The minimum Gasteiger partial charge on any atom is -0.373 e. The monoisotopic (exact) mass is 282 g/mol. The third-order valence-corrected chi connectivity index (χ3v) is 3.56. The Balaban J connectivity index is 1.65. The lowest BCUT2D eigenvalue weighted by atomic mass is 10.1. The van der Waals surface area contributed by atoms with Gasteiger partial charge in [0.15, 0.2) is 0 Å². The number of pyridine rings is 1. The highest BCUT2D eigenvalue weighted by Gasteiger charge is 2.26. The summed E-state index contributed by atoms with van der Waals surface area (Å²) in [6.07, 6.45) is 2.39. The molecule has 0 radical (unpaired) electrons. The molecule has 1 unspecified atom stereocenters. The summed E-state index contributed by atoms with van der Waals surface area (Å²) in [7, 11) is 3.86. The van der Waals surface area contributed by atoms with Gasteiger partial charge in [0.05, 0.1) is 11.9 Å². The van der Waals surface area contributed by atoms with Crippen LogP contribution in [0.2, 0.25) is 0 Å². The van der Waals surface area contributed by atoms with Crippen LogP contribution in [0.15, 0.2) is 42.6 Å². The van der Waals surface area contributed by atoms with Crippen molar-refractivity contribution in [2.24, 2.45) is 0 Å². The van der Waals surface area contributed by atoms with Gasteiger partial charge in [0.25, 0.3) is 0 Å². The van der Waals surface area contributed by atoms with E-state index in [2.05, 4.69) is 15.6 Å². The molecule has 0 fully saturated rings. The zero-order valence-corrected chi connectivity index (χ0v) is 12.1. The van der Waals surface area contributed by atoms with Gasteiger partial charge in [-0.1, -0.05) is 18.2 Å². The van der Waals surface area contributed by atoms with Crippen LogP contribution in [0.5, 0.6) is 0 Å². The maximum absolute atomic E-state index is 12.3. The number of carbonyl (C=O) groups excluding carboxylic acids is 1. The lowest BCUT2D eigenvalue weighted by Gasteiger charge is -2.14. The Kier molecular flexibility index (Phi) is 3.48. The third-order valence-electron chi connectivity index (χ3n) is 3.56. The fraction of sp³-hybridized carbons (Fsp3) is 0.250. The Bertz CT molecular complexity index is 627. The van der Waals surface area contributed by atoms with Crippen LogP contribution in [-0.2, 0) is 11.2 Å². The number of nitrogens with zero attached hydrogens (tertiary/aromatic N) is 2. The van der Waals surface area contributed by atoms with Gasteiger partial charge in [-0.25, -0.2) is 4.98 Å². The Morgan fingerprint density at radius 1 is 1.29 bits per heavy atom. The highest BCUT2D eigenvalue weighted by molar-refractivity contribution is 5.98. The van der Waals surface area contributed by atoms with Crippen molar-refractivity contribution >= 4 is 23.1 Å². The van der Waals surface area contributed by atoms with Crippen molar-refractivity contribution in [1.82, 2.24) is 4.98 Å². The average Bonchev–Trinajstić information content (AvgIpc) is 2.92. The standard InChI is InChI=1S/C16H18N4O/c1-20(2)15-8-7-12(10-17-15)18-16(21)14-9-11-5-3-4-6-13(11)19-14/h3-8,10,14,19H,9H2,1-2H3,(H,18,21). The number of carbonyl (C=O) groups is 1. The maximum Gasteiger partial charge on any atom is 0.247 e. The Labute approximate surface area is 124 Å². The summed E-state index contributed by atoms with van der Waals surface area (Å²) in [4.78, 5) is 18.5. The van der Waals surface area contributed by atoms with Crippen LogP contribution < -0.4 is 15.5 Å². The van der Waals surface area contributed by atoms with Gasteiger partial charge in [-0.3, -0.25) is 4.79 Å². The van der Waals surface area contributed by atoms with Gasteiger partial charge in [0, 0.05) is 26.2 Å². The largest absolute Gasteiger partial charge is 0.373 e. The summed E-state index contributed by atoms with van der Waals surface area (Å²) in [5.74, 6) is 0.824. The number of fused-ring (bicyclic) bond motifs is 1. The lowest BCUT2D eigenvalue weighted by Crippen LogP contribution is -2.32. The molecule has 0 spiro atoms. The highest BCUT2D eigenvalue weighted by Crippen LogP contribution is 2.25. The lowest BCUT2D eigenvalue weighted by molar-refractivity contribution is -0.116. The SMILES string of the molecule is CN(C)c1ccc(NC(=O)C2Cc3ccccc3N2)cn1. The number of para-hydroxylation sites is 1. The normalized spacial score (nSPS) is 16.0. The van der Waals surface area contributed by atoms with Crippen LogP contribution >= 0.6 is 0 Å². The molecule has 0 bridgehead atoms. The van der Waals surface area contributed by atoms with Crippen molar-refractivity contribution in [3.63, 3.8) is 0 Å². The second-order valence-corrected chi connectivity index (χ2v) is 5.35. The molecule has 5 nitrogen and oxygen atoms in total. The van der Waals surface area contributed by atoms with E-state index in [-0.39, 0.29) is 11.9 Å². The topological polar surface area (TPSA) is 57.3 Å². The number of nitrogens with one attached hydrogen (secondary N) is 2. The number of hydrogen-bond donors (Lipinski definition) is 2. The highest BCUT2D eigenvalue weighted by atomic mass is 16.2. The van der Waals surface area contributed by atoms with Crippen LogP contribution in [0, 0.1) is 0 Å². The van der Waals surface area contributed by atoms with Gasteiger partial charge < -0.3 is 15.5 Å². The third kappa shape index (κ3) is 2.81. The summed E-state index contributed by atoms with van der Waals surface area (Å²) >= 11 is 0. The van der Waals surface area contributed by atoms with Crippen molar-refractivity contribution in [2.75, 3.05) is 29.6 Å². The van der Waals surface area contributed by atoms with Crippen LogP contribution in [0.25, 0.3) is 0 Å². The molecule has 2 N–H and O–H groups in total. The van der Waals surface area contributed by atoms with Gasteiger partial charge in [-0.05, 0) is 23.8 Å². The van der Waals surface area contributed by atoms with Gasteiger partial charge >= 0.3 is 0 Å². The first-order chi connectivity index (χ1) is 10.1. The molecule has 108 valence electrons. The molecular formula is C16H18N4O.